The molecule has 0 radical (unpaired) electrons. The molecule has 4 aliphatic rings. The molecule has 34 heavy (non-hydrogen) atoms. The highest BCUT2D eigenvalue weighted by Gasteiger charge is 2.71. The minimum atomic E-state index is -1.41. The predicted octanol–water partition coefficient (Wildman–Crippen LogP) is 1.28. The van der Waals surface area contributed by atoms with Crippen LogP contribution in [-0.4, -0.2) is 46.7 Å². The topological polar surface area (TPSA) is 117 Å². The Bertz CT molecular complexity index is 1240. The molecule has 2 fully saturated rings. The van der Waals surface area contributed by atoms with Gasteiger partial charge in [-0.3, -0.25) is 24.6 Å². The van der Waals surface area contributed by atoms with Gasteiger partial charge in [-0.05, 0) is 42.7 Å². The first-order valence-electron chi connectivity index (χ1n) is 11.5. The summed E-state index contributed by atoms with van der Waals surface area (Å²) in [6, 6.07) is 10.2. The fourth-order valence-corrected chi connectivity index (χ4v) is 5.85. The van der Waals surface area contributed by atoms with Crippen LogP contribution in [0.5, 0.6) is 11.5 Å². The van der Waals surface area contributed by atoms with Gasteiger partial charge in [0.05, 0.1) is 24.5 Å². The highest BCUT2D eigenvalue weighted by atomic mass is 16.7. The quantitative estimate of drug-likeness (QED) is 0.585. The first kappa shape index (κ1) is 21.1. The van der Waals surface area contributed by atoms with E-state index in [2.05, 4.69) is 10.6 Å². The second-order valence-corrected chi connectivity index (χ2v) is 9.36. The third kappa shape index (κ3) is 2.71. The first-order chi connectivity index (χ1) is 16.3. The number of hydrogen-bond donors (Lipinski definition) is 3. The lowest BCUT2D eigenvalue weighted by Gasteiger charge is -2.30. The van der Waals surface area contributed by atoms with Crippen LogP contribution < -0.4 is 20.1 Å². The van der Waals surface area contributed by atoms with Crippen LogP contribution in [0.2, 0.25) is 0 Å². The molecule has 6 rings (SSSR count). The Balaban J connectivity index is 1.42. The minimum absolute atomic E-state index is 0.0490. The number of rotatable bonds is 4. The largest absolute Gasteiger partial charge is 0.454 e. The van der Waals surface area contributed by atoms with Gasteiger partial charge in [0.25, 0.3) is 0 Å². The van der Waals surface area contributed by atoms with Crippen LogP contribution in [0.15, 0.2) is 36.4 Å². The number of benzene rings is 2. The zero-order valence-electron chi connectivity index (χ0n) is 18.8. The Kier molecular flexibility index (Phi) is 4.53. The van der Waals surface area contributed by atoms with E-state index in [1.807, 2.05) is 25.1 Å². The van der Waals surface area contributed by atoms with Crippen molar-refractivity contribution in [3.63, 3.8) is 0 Å². The van der Waals surface area contributed by atoms with Crippen molar-refractivity contribution in [2.45, 2.75) is 44.5 Å². The van der Waals surface area contributed by atoms with E-state index in [9.17, 15) is 19.5 Å². The third-order valence-electron chi connectivity index (χ3n) is 7.51. The number of ether oxygens (including phenoxy) is 2. The number of anilines is 1. The SMILES string of the molecule is CCc1ccc2c(c1)[C@]1(N[C@@H]([C@@H](C)O)[C@H]3C(=O)N(Cc4ccc5c(c4)OCO5)C(=O)[C@H]31)C(=O)N2. The molecule has 0 aliphatic carbocycles. The number of aliphatic hydroxyl groups excluding tert-OH is 1. The predicted molar refractivity (Wildman–Crippen MR) is 120 cm³/mol. The lowest BCUT2D eigenvalue weighted by molar-refractivity contribution is -0.143. The van der Waals surface area contributed by atoms with Crippen molar-refractivity contribution in [2.75, 3.05) is 12.1 Å². The summed E-state index contributed by atoms with van der Waals surface area (Å²) in [6.07, 6.45) is -0.186. The number of carbonyl (C=O) groups is 3. The fraction of sp³-hybridized carbons (Fsp3) is 0.400. The van der Waals surface area contributed by atoms with Crippen LogP contribution in [0.25, 0.3) is 0 Å². The van der Waals surface area contributed by atoms with Gasteiger partial charge in [0.1, 0.15) is 5.54 Å². The minimum Gasteiger partial charge on any atom is -0.454 e. The highest BCUT2D eigenvalue weighted by Crippen LogP contribution is 2.53. The lowest BCUT2D eigenvalue weighted by atomic mass is 9.76. The number of hydrogen-bond acceptors (Lipinski definition) is 7. The zero-order chi connectivity index (χ0) is 23.8. The Morgan fingerprint density at radius 3 is 2.62 bits per heavy atom. The van der Waals surface area contributed by atoms with E-state index in [1.54, 1.807) is 25.1 Å². The van der Waals surface area contributed by atoms with E-state index in [1.165, 1.54) is 4.90 Å². The van der Waals surface area contributed by atoms with Crippen LogP contribution in [0.4, 0.5) is 5.69 Å². The molecule has 0 bridgehead atoms. The molecule has 2 aromatic rings. The molecule has 1 spiro atoms. The number of likely N-dealkylation sites (tertiary alicyclic amines) is 1. The van der Waals surface area contributed by atoms with Crippen LogP contribution in [0, 0.1) is 11.8 Å². The standard InChI is InChI=1S/C25H25N3O6/c1-3-13-4-6-16-15(8-13)25(24(32)26-16)20-19(21(27-25)12(2)29)22(30)28(23(20)31)10-14-5-7-17-18(9-14)34-11-33-17/h4-9,12,19-21,27,29H,3,10-11H2,1-2H3,(H,26,32)/t12-,19+,20+,21+,25-/m1/s1. The molecule has 4 aliphatic heterocycles. The monoisotopic (exact) mass is 463 g/mol. The average Bonchev–Trinajstić information content (AvgIpc) is 3.55. The molecule has 0 unspecified atom stereocenters. The summed E-state index contributed by atoms with van der Waals surface area (Å²) in [5.74, 6) is -1.83. The van der Waals surface area contributed by atoms with Crippen LogP contribution in [0.1, 0.15) is 30.5 Å². The summed E-state index contributed by atoms with van der Waals surface area (Å²) in [5, 5.41) is 16.7. The van der Waals surface area contributed by atoms with E-state index in [0.29, 0.717) is 28.3 Å². The van der Waals surface area contributed by atoms with Crippen molar-refractivity contribution in [2.24, 2.45) is 11.8 Å². The van der Waals surface area contributed by atoms with Gasteiger partial charge in [-0.15, -0.1) is 0 Å². The normalized spacial score (nSPS) is 29.6. The van der Waals surface area contributed by atoms with Crippen LogP contribution >= 0.6 is 0 Å². The molecule has 0 aromatic heterocycles. The second kappa shape index (κ2) is 7.28. The van der Waals surface area contributed by atoms with Gasteiger partial charge < -0.3 is 19.9 Å². The molecule has 0 saturated carbocycles. The number of carbonyl (C=O) groups excluding carboxylic acids is 3. The number of imide groups is 1. The average molecular weight is 463 g/mol. The molecule has 3 amide bonds. The number of aryl methyl sites for hydroxylation is 1. The third-order valence-corrected chi connectivity index (χ3v) is 7.51. The van der Waals surface area contributed by atoms with Gasteiger partial charge in [0.2, 0.25) is 24.5 Å². The molecular formula is C25H25N3O6. The van der Waals surface area contributed by atoms with Crippen molar-refractivity contribution in [3.05, 3.63) is 53.1 Å². The van der Waals surface area contributed by atoms with Crippen molar-refractivity contribution in [1.29, 1.82) is 0 Å². The number of fused-ring (bicyclic) bond motifs is 5. The summed E-state index contributed by atoms with van der Waals surface area (Å²) in [6.45, 7) is 3.76. The van der Waals surface area contributed by atoms with Gasteiger partial charge in [-0.1, -0.05) is 25.1 Å². The van der Waals surface area contributed by atoms with E-state index < -0.39 is 41.3 Å². The van der Waals surface area contributed by atoms with Gasteiger partial charge in [-0.2, -0.15) is 0 Å². The Labute approximate surface area is 196 Å². The summed E-state index contributed by atoms with van der Waals surface area (Å²) >= 11 is 0. The van der Waals surface area contributed by atoms with E-state index >= 15 is 0 Å². The maximum Gasteiger partial charge on any atom is 0.250 e. The molecule has 2 aromatic carbocycles. The Hall–Kier alpha value is -3.43. The van der Waals surface area contributed by atoms with Gasteiger partial charge in [-0.25, -0.2) is 0 Å². The first-order valence-corrected chi connectivity index (χ1v) is 11.5. The Morgan fingerprint density at radius 2 is 1.85 bits per heavy atom. The summed E-state index contributed by atoms with van der Waals surface area (Å²) < 4.78 is 10.8. The van der Waals surface area contributed by atoms with Gasteiger partial charge >= 0.3 is 0 Å². The smallest absolute Gasteiger partial charge is 0.250 e. The van der Waals surface area contributed by atoms with Gasteiger partial charge in [0, 0.05) is 17.3 Å². The Morgan fingerprint density at radius 1 is 1.09 bits per heavy atom. The molecule has 176 valence electrons. The van der Waals surface area contributed by atoms with Crippen molar-refractivity contribution >= 4 is 23.4 Å². The maximum absolute atomic E-state index is 13.8. The maximum atomic E-state index is 13.8. The summed E-state index contributed by atoms with van der Waals surface area (Å²) in [4.78, 5) is 42.1. The number of nitrogens with zero attached hydrogens (tertiary/aromatic N) is 1. The molecule has 4 heterocycles. The highest BCUT2D eigenvalue weighted by molar-refractivity contribution is 6.15. The zero-order valence-corrected chi connectivity index (χ0v) is 18.8. The molecule has 9 heteroatoms. The van der Waals surface area contributed by atoms with E-state index in [0.717, 1.165) is 12.0 Å². The number of nitrogens with one attached hydrogen (secondary N) is 2. The molecule has 5 atom stereocenters. The van der Waals surface area contributed by atoms with Crippen LogP contribution in [-0.2, 0) is 32.9 Å². The van der Waals surface area contributed by atoms with Gasteiger partial charge in [0.15, 0.2) is 11.5 Å². The van der Waals surface area contributed by atoms with E-state index in [4.69, 9.17) is 9.47 Å². The lowest BCUT2D eigenvalue weighted by Crippen LogP contribution is -2.54. The molecule has 2 saturated heterocycles. The van der Waals surface area contributed by atoms with Crippen molar-refractivity contribution in [3.8, 4) is 11.5 Å². The molecule has 9 nitrogen and oxygen atoms in total. The number of aliphatic hydroxyl groups is 1. The molecular weight excluding hydrogens is 438 g/mol. The molecule has 3 N–H and O–H groups in total. The second-order valence-electron chi connectivity index (χ2n) is 9.36. The van der Waals surface area contributed by atoms with Crippen molar-refractivity contribution in [1.82, 2.24) is 10.2 Å². The number of amides is 3. The van der Waals surface area contributed by atoms with E-state index in [-0.39, 0.29) is 19.2 Å². The summed E-state index contributed by atoms with van der Waals surface area (Å²) in [7, 11) is 0. The van der Waals surface area contributed by atoms with Crippen LogP contribution in [0.3, 0.4) is 0 Å². The fourth-order valence-electron chi connectivity index (χ4n) is 5.85. The van der Waals surface area contributed by atoms with Crippen molar-refractivity contribution < 1.29 is 29.0 Å². The summed E-state index contributed by atoms with van der Waals surface area (Å²) in [5.41, 5.74) is 1.59.